The van der Waals surface area contributed by atoms with E-state index < -0.39 is 5.60 Å². The average molecular weight is 369 g/mol. The highest BCUT2D eigenvalue weighted by atomic mass is 35.5. The van der Waals surface area contributed by atoms with E-state index in [4.69, 9.17) is 21.1 Å². The number of halogens is 1. The molecule has 138 valence electrons. The smallest absolute Gasteiger partial charge is 0.410 e. The zero-order valence-corrected chi connectivity index (χ0v) is 16.0. The Balaban J connectivity index is 1.85. The maximum atomic E-state index is 12.3. The second-order valence-corrected chi connectivity index (χ2v) is 7.85. The van der Waals surface area contributed by atoms with Crippen molar-refractivity contribution in [3.8, 4) is 0 Å². The topological polar surface area (TPSA) is 67.8 Å². The summed E-state index contributed by atoms with van der Waals surface area (Å²) < 4.78 is 11.0. The predicted molar refractivity (Wildman–Crippen MR) is 95.0 cm³/mol. The Morgan fingerprint density at radius 2 is 2.08 bits per heavy atom. The first-order chi connectivity index (χ1) is 11.7. The van der Waals surface area contributed by atoms with E-state index in [9.17, 15) is 4.79 Å². The Bertz CT molecular complexity index is 662. The molecule has 1 aromatic heterocycles. The lowest BCUT2D eigenvalue weighted by molar-refractivity contribution is 0.0220. The molecule has 0 radical (unpaired) electrons. The zero-order chi connectivity index (χ0) is 18.2. The summed E-state index contributed by atoms with van der Waals surface area (Å²) in [5.41, 5.74) is 1.35. The fourth-order valence-corrected chi connectivity index (χ4v) is 3.33. The van der Waals surface area contributed by atoms with Gasteiger partial charge in [-0.2, -0.15) is 0 Å². The van der Waals surface area contributed by atoms with Crippen molar-refractivity contribution < 1.29 is 14.3 Å². The van der Waals surface area contributed by atoms with Gasteiger partial charge in [0.25, 0.3) is 0 Å². The van der Waals surface area contributed by atoms with Gasteiger partial charge in [0.05, 0.1) is 31.5 Å². The lowest BCUT2D eigenvalue weighted by Gasteiger charge is -2.37. The van der Waals surface area contributed by atoms with Gasteiger partial charge in [0.15, 0.2) is 0 Å². The monoisotopic (exact) mass is 368 g/mol. The number of rotatable bonds is 1. The third-order valence-corrected chi connectivity index (χ3v) is 4.48. The fourth-order valence-electron chi connectivity index (χ4n) is 3.14. The van der Waals surface area contributed by atoms with Gasteiger partial charge in [-0.25, -0.2) is 14.8 Å². The molecular formula is C17H25ClN4O3. The van der Waals surface area contributed by atoms with Gasteiger partial charge < -0.3 is 19.3 Å². The quantitative estimate of drug-likeness (QED) is 0.710. The predicted octanol–water partition coefficient (Wildman–Crippen LogP) is 2.65. The van der Waals surface area contributed by atoms with Crippen LogP contribution in [0.4, 0.5) is 10.6 Å². The largest absolute Gasteiger partial charge is 0.444 e. The molecule has 1 saturated heterocycles. The van der Waals surface area contributed by atoms with E-state index in [-0.39, 0.29) is 17.4 Å². The van der Waals surface area contributed by atoms with Crippen LogP contribution in [-0.4, -0.2) is 58.9 Å². The number of morpholine rings is 1. The van der Waals surface area contributed by atoms with Crippen LogP contribution in [0, 0.1) is 0 Å². The number of ether oxygens (including phenoxy) is 2. The molecule has 8 heteroatoms. The number of carbonyl (C=O) groups excluding carboxylic acids is 1. The summed E-state index contributed by atoms with van der Waals surface area (Å²) in [7, 11) is 0. The van der Waals surface area contributed by atoms with E-state index >= 15 is 0 Å². The minimum absolute atomic E-state index is 0.207. The maximum absolute atomic E-state index is 12.3. The number of carbonyl (C=O) groups is 1. The molecule has 0 aliphatic carbocycles. The molecule has 25 heavy (non-hydrogen) atoms. The molecular weight excluding hydrogens is 344 g/mol. The van der Waals surface area contributed by atoms with Crippen molar-refractivity contribution in [2.24, 2.45) is 0 Å². The van der Waals surface area contributed by atoms with Crippen LogP contribution in [0.3, 0.4) is 0 Å². The van der Waals surface area contributed by atoms with Gasteiger partial charge in [0.1, 0.15) is 11.4 Å². The average Bonchev–Trinajstić information content (AvgIpc) is 2.52. The summed E-state index contributed by atoms with van der Waals surface area (Å²) in [6, 6.07) is 0.229. The van der Waals surface area contributed by atoms with Crippen LogP contribution in [0.15, 0.2) is 0 Å². The SMILES string of the molecule is C[C@@H]1COCCN1c1nc(Cl)nc2c1CCN(C(=O)OC(C)(C)C)C2. The van der Waals surface area contributed by atoms with Crippen LogP contribution < -0.4 is 4.90 Å². The summed E-state index contributed by atoms with van der Waals surface area (Å²) >= 11 is 6.17. The number of nitrogens with zero attached hydrogens (tertiary/aromatic N) is 4. The first-order valence-corrected chi connectivity index (χ1v) is 9.00. The summed E-state index contributed by atoms with van der Waals surface area (Å²) in [5, 5.41) is 0.207. The van der Waals surface area contributed by atoms with E-state index in [1.807, 2.05) is 20.8 Å². The van der Waals surface area contributed by atoms with E-state index in [1.54, 1.807) is 4.90 Å². The molecule has 7 nitrogen and oxygen atoms in total. The molecule has 1 fully saturated rings. The summed E-state index contributed by atoms with van der Waals surface area (Å²) in [5.74, 6) is 0.870. The molecule has 0 saturated carbocycles. The van der Waals surface area contributed by atoms with Crippen LogP contribution in [0.25, 0.3) is 0 Å². The maximum Gasteiger partial charge on any atom is 0.410 e. The molecule has 2 aliphatic heterocycles. The van der Waals surface area contributed by atoms with Gasteiger partial charge in [0, 0.05) is 18.7 Å². The van der Waals surface area contributed by atoms with Gasteiger partial charge in [-0.15, -0.1) is 0 Å². The van der Waals surface area contributed by atoms with Crippen LogP contribution in [0.5, 0.6) is 0 Å². The summed E-state index contributed by atoms with van der Waals surface area (Å²) in [4.78, 5) is 25.1. The van der Waals surface area contributed by atoms with Gasteiger partial charge in [-0.1, -0.05) is 0 Å². The third-order valence-electron chi connectivity index (χ3n) is 4.31. The van der Waals surface area contributed by atoms with Crippen molar-refractivity contribution in [3.05, 3.63) is 16.5 Å². The molecule has 0 spiro atoms. The normalized spacial score (nSPS) is 21.1. The Hall–Kier alpha value is -1.60. The highest BCUT2D eigenvalue weighted by Gasteiger charge is 2.31. The van der Waals surface area contributed by atoms with Crippen LogP contribution in [0.1, 0.15) is 39.0 Å². The van der Waals surface area contributed by atoms with E-state index in [0.717, 1.165) is 23.6 Å². The molecule has 2 aliphatic rings. The van der Waals surface area contributed by atoms with Crippen molar-refractivity contribution in [1.82, 2.24) is 14.9 Å². The van der Waals surface area contributed by atoms with Crippen LogP contribution in [-0.2, 0) is 22.4 Å². The van der Waals surface area contributed by atoms with Crippen molar-refractivity contribution in [2.75, 3.05) is 31.2 Å². The number of hydrogen-bond acceptors (Lipinski definition) is 6. The van der Waals surface area contributed by atoms with E-state index in [0.29, 0.717) is 32.7 Å². The van der Waals surface area contributed by atoms with Gasteiger partial charge in [-0.3, -0.25) is 0 Å². The third kappa shape index (κ3) is 4.15. The Morgan fingerprint density at radius 1 is 1.32 bits per heavy atom. The molecule has 3 heterocycles. The number of aromatic nitrogens is 2. The minimum atomic E-state index is -0.519. The van der Waals surface area contributed by atoms with Gasteiger partial charge in [0.2, 0.25) is 5.28 Å². The Kier molecular flexibility index (Phi) is 5.06. The zero-order valence-electron chi connectivity index (χ0n) is 15.2. The second kappa shape index (κ2) is 6.96. The number of fused-ring (bicyclic) bond motifs is 1. The molecule has 0 unspecified atom stereocenters. The molecule has 1 atom stereocenters. The Morgan fingerprint density at radius 3 is 2.76 bits per heavy atom. The lowest BCUT2D eigenvalue weighted by atomic mass is 10.0. The highest BCUT2D eigenvalue weighted by Crippen LogP contribution is 2.30. The number of hydrogen-bond donors (Lipinski definition) is 0. The summed E-state index contributed by atoms with van der Waals surface area (Å²) in [6.07, 6.45) is 0.361. The Labute approximate surface area is 153 Å². The van der Waals surface area contributed by atoms with Crippen molar-refractivity contribution in [2.45, 2.75) is 52.3 Å². The first-order valence-electron chi connectivity index (χ1n) is 8.62. The van der Waals surface area contributed by atoms with E-state index in [2.05, 4.69) is 21.8 Å². The summed E-state index contributed by atoms with van der Waals surface area (Å²) in [6.45, 7) is 10.8. The van der Waals surface area contributed by atoms with Gasteiger partial charge in [-0.05, 0) is 45.7 Å². The van der Waals surface area contributed by atoms with Crippen LogP contribution >= 0.6 is 11.6 Å². The minimum Gasteiger partial charge on any atom is -0.444 e. The first kappa shape index (κ1) is 18.2. The molecule has 0 aromatic carbocycles. The lowest BCUT2D eigenvalue weighted by Crippen LogP contribution is -2.46. The molecule has 3 rings (SSSR count). The van der Waals surface area contributed by atoms with Crippen molar-refractivity contribution in [3.63, 3.8) is 0 Å². The van der Waals surface area contributed by atoms with Gasteiger partial charge >= 0.3 is 6.09 Å². The fraction of sp³-hybridized carbons (Fsp3) is 0.706. The van der Waals surface area contributed by atoms with Crippen molar-refractivity contribution >= 4 is 23.5 Å². The standard InChI is InChI=1S/C17H25ClN4O3/c1-11-10-24-8-7-22(11)14-12-5-6-21(16(23)25-17(2,3)4)9-13(12)19-15(18)20-14/h11H,5-10H2,1-4H3/t11-/m1/s1. The molecule has 0 N–H and O–H groups in total. The molecule has 0 bridgehead atoms. The van der Waals surface area contributed by atoms with Crippen molar-refractivity contribution in [1.29, 1.82) is 0 Å². The van der Waals surface area contributed by atoms with Crippen LogP contribution in [0.2, 0.25) is 5.28 Å². The second-order valence-electron chi connectivity index (χ2n) is 7.51. The number of anilines is 1. The highest BCUT2D eigenvalue weighted by molar-refractivity contribution is 6.28. The number of amides is 1. The van der Waals surface area contributed by atoms with E-state index in [1.165, 1.54) is 0 Å². The molecule has 1 amide bonds. The molecule has 1 aromatic rings.